The molecule has 0 bridgehead atoms. The summed E-state index contributed by atoms with van der Waals surface area (Å²) in [5.41, 5.74) is 0. The second-order valence-corrected chi connectivity index (χ2v) is 20.0. The van der Waals surface area contributed by atoms with Gasteiger partial charge in [0.1, 0.15) is 48.8 Å². The smallest absolute Gasteiger partial charge is 0.220 e. The van der Waals surface area contributed by atoms with Gasteiger partial charge in [0.15, 0.2) is 12.6 Å². The Morgan fingerprint density at radius 1 is 0.487 bits per heavy atom. The molecule has 14 heteroatoms. The molecule has 2 rings (SSSR count). The minimum Gasteiger partial charge on any atom is -0.394 e. The number of hydrogen-bond acceptors (Lipinski definition) is 13. The van der Waals surface area contributed by atoms with Gasteiger partial charge in [-0.05, 0) is 96.3 Å². The summed E-state index contributed by atoms with van der Waals surface area (Å²) in [7, 11) is 0. The summed E-state index contributed by atoms with van der Waals surface area (Å²) in [6, 6.07) is -0.947. The van der Waals surface area contributed by atoms with Crippen LogP contribution in [0.1, 0.15) is 181 Å². The number of ether oxygens (including phenoxy) is 4. The molecule has 12 unspecified atom stereocenters. The molecule has 0 radical (unpaired) electrons. The lowest BCUT2D eigenvalue weighted by Gasteiger charge is -2.46. The van der Waals surface area contributed by atoms with E-state index in [2.05, 4.69) is 116 Å². The molecule has 0 aromatic heterocycles. The predicted octanol–water partition coefficient (Wildman–Crippen LogP) is 9.66. The zero-order valence-corrected chi connectivity index (χ0v) is 46.4. The number of unbranched alkanes of at least 4 members (excludes halogenated alkanes) is 15. The lowest BCUT2D eigenvalue weighted by molar-refractivity contribution is -0.359. The third-order valence-corrected chi connectivity index (χ3v) is 13.4. The van der Waals surface area contributed by atoms with Crippen LogP contribution in [0.25, 0.3) is 0 Å². The van der Waals surface area contributed by atoms with Crippen LogP contribution in [-0.2, 0) is 23.7 Å². The van der Waals surface area contributed by atoms with Crippen molar-refractivity contribution in [3.8, 4) is 0 Å². The maximum absolute atomic E-state index is 13.2. The summed E-state index contributed by atoms with van der Waals surface area (Å²) in [5, 5.41) is 86.9. The van der Waals surface area contributed by atoms with Gasteiger partial charge in [-0.1, -0.05) is 187 Å². The van der Waals surface area contributed by atoms with Gasteiger partial charge in [0.05, 0.1) is 32.0 Å². The highest BCUT2D eigenvalue weighted by Crippen LogP contribution is 2.30. The number of aliphatic hydroxyl groups is 8. The van der Waals surface area contributed by atoms with Crippen LogP contribution in [-0.4, -0.2) is 140 Å². The zero-order chi connectivity index (χ0) is 55.3. The van der Waals surface area contributed by atoms with Crippen molar-refractivity contribution in [2.45, 2.75) is 254 Å². The van der Waals surface area contributed by atoms with Crippen LogP contribution in [0.15, 0.2) is 109 Å². The lowest BCUT2D eigenvalue weighted by atomic mass is 9.97. The molecule has 12 atom stereocenters. The number of aliphatic hydroxyl groups excluding tert-OH is 8. The summed E-state index contributed by atoms with van der Waals surface area (Å²) in [6.07, 6.45) is 48.4. The van der Waals surface area contributed by atoms with Crippen molar-refractivity contribution in [3.63, 3.8) is 0 Å². The highest BCUT2D eigenvalue weighted by Gasteiger charge is 2.51. The van der Waals surface area contributed by atoms with E-state index in [1.54, 1.807) is 6.08 Å². The first kappa shape index (κ1) is 68.8. The predicted molar refractivity (Wildman–Crippen MR) is 304 cm³/mol. The maximum Gasteiger partial charge on any atom is 0.220 e. The Balaban J connectivity index is 1.73. The van der Waals surface area contributed by atoms with Crippen molar-refractivity contribution in [1.29, 1.82) is 0 Å². The van der Waals surface area contributed by atoms with Crippen LogP contribution in [0.3, 0.4) is 0 Å². The van der Waals surface area contributed by atoms with Crippen LogP contribution in [0.2, 0.25) is 0 Å². The van der Waals surface area contributed by atoms with Crippen LogP contribution in [0.5, 0.6) is 0 Å². The van der Waals surface area contributed by atoms with Crippen molar-refractivity contribution < 1.29 is 64.6 Å². The SMILES string of the molecule is CC/C=C\C/C=C\C/C=C\C/C=C\C/C=C\C/C=C\CCCCCCCCCCCCC(=O)NC(COC1OC(CO)C(OC2OC(CO)C(O)C(O)C2O)C(O)C1O)C(O)/C=C/CC/C=C/CC/C=C/CCCCC. The molecule has 2 fully saturated rings. The maximum atomic E-state index is 13.2. The fraction of sp³-hybridized carbons (Fsp3) is 0.694. The monoisotopic (exact) mass is 1070 g/mol. The number of nitrogens with one attached hydrogen (secondary N) is 1. The van der Waals surface area contributed by atoms with Crippen LogP contribution < -0.4 is 5.32 Å². The topological polar surface area (TPSA) is 228 Å². The first-order valence-corrected chi connectivity index (χ1v) is 29.1. The van der Waals surface area contributed by atoms with E-state index >= 15 is 0 Å². The van der Waals surface area contributed by atoms with Gasteiger partial charge in [-0.2, -0.15) is 0 Å². The Morgan fingerprint density at radius 3 is 1.45 bits per heavy atom. The summed E-state index contributed by atoms with van der Waals surface area (Å²) < 4.78 is 22.7. The van der Waals surface area contributed by atoms with Crippen LogP contribution >= 0.6 is 0 Å². The number of allylic oxidation sites excluding steroid dienone is 17. The van der Waals surface area contributed by atoms with Crippen molar-refractivity contribution in [2.24, 2.45) is 0 Å². The molecular weight excluding hydrogens is 967 g/mol. The summed E-state index contributed by atoms with van der Waals surface area (Å²) in [4.78, 5) is 13.2. The van der Waals surface area contributed by atoms with E-state index < -0.39 is 86.8 Å². The second kappa shape index (κ2) is 46.6. The Bertz CT molecular complexity index is 1690. The summed E-state index contributed by atoms with van der Waals surface area (Å²) in [6.45, 7) is 2.59. The Kier molecular flexibility index (Phi) is 42.1. The van der Waals surface area contributed by atoms with E-state index in [1.807, 2.05) is 6.08 Å². The fourth-order valence-electron chi connectivity index (χ4n) is 8.74. The third-order valence-electron chi connectivity index (χ3n) is 13.4. The molecule has 0 aromatic carbocycles. The minimum absolute atomic E-state index is 0.257. The Morgan fingerprint density at radius 2 is 0.921 bits per heavy atom. The van der Waals surface area contributed by atoms with Crippen molar-refractivity contribution >= 4 is 5.91 Å². The molecule has 76 heavy (non-hydrogen) atoms. The molecule has 2 aliphatic rings. The van der Waals surface area contributed by atoms with Crippen molar-refractivity contribution in [1.82, 2.24) is 5.32 Å². The molecule has 0 aromatic rings. The number of rotatable bonds is 44. The standard InChI is InChI=1S/C62H103NO13/c1-3-5-7-9-11-13-15-17-18-19-20-21-22-23-24-25-26-27-28-29-30-31-32-34-36-38-40-42-44-46-54(67)63-50(51(66)45-43-41-39-37-35-33-16-14-12-10-8-6-4-2)49-73-61-59(72)57(70)60(53(48-65)75-61)76-62-58(71)56(69)55(68)52(47-64)74-62/h5,7,11-14,17-18,20-21,23-24,26-27,35,37,43,45,50-53,55-62,64-66,68-72H,3-4,6,8-10,15-16,19,22,25,28-34,36,38-42,44,46-49H2,1-2H3,(H,63,67)/b7-5-,13-11-,14-12+,18-17-,21-20-,24-23-,27-26-,37-35+,45-43+. The zero-order valence-electron chi connectivity index (χ0n) is 46.4. The third kappa shape index (κ3) is 31.9. The van der Waals surface area contributed by atoms with E-state index in [4.69, 9.17) is 18.9 Å². The van der Waals surface area contributed by atoms with E-state index in [-0.39, 0.29) is 18.9 Å². The fourth-order valence-corrected chi connectivity index (χ4v) is 8.74. The lowest BCUT2D eigenvalue weighted by Crippen LogP contribution is -2.65. The summed E-state index contributed by atoms with van der Waals surface area (Å²) >= 11 is 0. The molecule has 2 aliphatic heterocycles. The molecule has 14 nitrogen and oxygen atoms in total. The first-order chi connectivity index (χ1) is 37.1. The number of hydrogen-bond donors (Lipinski definition) is 9. The average Bonchev–Trinajstić information content (AvgIpc) is 3.42. The molecule has 2 saturated heterocycles. The first-order valence-electron chi connectivity index (χ1n) is 29.1. The molecule has 2 heterocycles. The van der Waals surface area contributed by atoms with Crippen molar-refractivity contribution in [3.05, 3.63) is 109 Å². The van der Waals surface area contributed by atoms with Gasteiger partial charge in [-0.3, -0.25) is 4.79 Å². The molecule has 0 spiro atoms. The number of carbonyl (C=O) groups is 1. The van der Waals surface area contributed by atoms with Gasteiger partial charge in [0.25, 0.3) is 0 Å². The largest absolute Gasteiger partial charge is 0.394 e. The Labute approximate surface area is 457 Å². The van der Waals surface area contributed by atoms with E-state index in [1.165, 1.54) is 57.8 Å². The van der Waals surface area contributed by atoms with Gasteiger partial charge in [0.2, 0.25) is 5.91 Å². The van der Waals surface area contributed by atoms with Gasteiger partial charge < -0.3 is 65.1 Å². The molecule has 0 aliphatic carbocycles. The molecule has 1 amide bonds. The van der Waals surface area contributed by atoms with E-state index in [0.717, 1.165) is 89.9 Å². The van der Waals surface area contributed by atoms with Gasteiger partial charge >= 0.3 is 0 Å². The minimum atomic E-state index is -1.80. The highest BCUT2D eigenvalue weighted by molar-refractivity contribution is 5.76. The second-order valence-electron chi connectivity index (χ2n) is 20.0. The van der Waals surface area contributed by atoms with Gasteiger partial charge in [0, 0.05) is 6.42 Å². The van der Waals surface area contributed by atoms with E-state index in [9.17, 15) is 45.6 Å². The molecule has 434 valence electrons. The summed E-state index contributed by atoms with van der Waals surface area (Å²) in [5.74, 6) is -0.265. The highest BCUT2D eigenvalue weighted by atomic mass is 16.7. The number of amides is 1. The Hall–Kier alpha value is -3.35. The van der Waals surface area contributed by atoms with E-state index in [0.29, 0.717) is 12.8 Å². The average molecular weight is 1070 g/mol. The van der Waals surface area contributed by atoms with Crippen LogP contribution in [0, 0.1) is 0 Å². The molecular formula is C62H103NO13. The van der Waals surface area contributed by atoms with Gasteiger partial charge in [-0.25, -0.2) is 0 Å². The van der Waals surface area contributed by atoms with Gasteiger partial charge in [-0.15, -0.1) is 0 Å². The normalized spacial score (nSPS) is 25.7. The quantitative estimate of drug-likeness (QED) is 0.0205. The van der Waals surface area contributed by atoms with Crippen molar-refractivity contribution in [2.75, 3.05) is 19.8 Å². The molecule has 0 saturated carbocycles. The molecule has 9 N–H and O–H groups in total. The number of carbonyl (C=O) groups excluding carboxylic acids is 1. The van der Waals surface area contributed by atoms with Crippen LogP contribution in [0.4, 0.5) is 0 Å².